The van der Waals surface area contributed by atoms with Crippen LogP contribution in [0.1, 0.15) is 0 Å². The van der Waals surface area contributed by atoms with E-state index in [1.165, 1.54) is 12.1 Å². The molecule has 1 fully saturated rings. The van der Waals surface area contributed by atoms with Crippen molar-refractivity contribution in [2.24, 2.45) is 0 Å². The molecule has 2 N–H and O–H groups in total. The van der Waals surface area contributed by atoms with Crippen molar-refractivity contribution < 1.29 is 4.39 Å². The molecule has 1 saturated heterocycles. The average Bonchev–Trinajstić information content (AvgIpc) is 2.81. The third kappa shape index (κ3) is 4.15. The summed E-state index contributed by atoms with van der Waals surface area (Å²) >= 11 is 6.10. The Morgan fingerprint density at radius 2 is 1.84 bits per heavy atom. The molecule has 2 aromatic carbocycles. The molecular weight excluding hydrogens is 415 g/mol. The topological polar surface area (TPSA) is 66.0 Å². The number of anilines is 3. The summed E-state index contributed by atoms with van der Waals surface area (Å²) in [5.74, 6) is 1.02. The van der Waals surface area contributed by atoms with Gasteiger partial charge in [0.2, 0.25) is 5.95 Å². The van der Waals surface area contributed by atoms with Crippen molar-refractivity contribution in [3.63, 3.8) is 0 Å². The van der Waals surface area contributed by atoms with E-state index in [1.807, 2.05) is 30.3 Å². The fraction of sp³-hybridized carbons (Fsp3) is 0.174. The SMILES string of the molecule is Fc1ccc(Cl)cc1-c1cccc2cnc(Nc3ccc(N4CCNCC4)nc3)nc12. The van der Waals surface area contributed by atoms with Gasteiger partial charge in [-0.1, -0.05) is 29.8 Å². The molecule has 31 heavy (non-hydrogen) atoms. The fourth-order valence-corrected chi connectivity index (χ4v) is 3.88. The Morgan fingerprint density at radius 3 is 2.65 bits per heavy atom. The molecule has 0 spiro atoms. The Morgan fingerprint density at radius 1 is 0.968 bits per heavy atom. The molecule has 4 aromatic rings. The molecule has 1 aliphatic rings. The third-order valence-corrected chi connectivity index (χ3v) is 5.51. The fourth-order valence-electron chi connectivity index (χ4n) is 3.71. The standard InChI is InChI=1S/C23H20ClFN6/c24-16-4-6-20(25)19(12-16)18-3-1-2-15-13-28-23(30-22(15)18)29-17-5-7-21(27-14-17)31-10-8-26-9-11-31/h1-7,12-14,26H,8-11H2,(H,28,29,30). The molecular formula is C23H20ClFN6. The number of hydrogen-bond acceptors (Lipinski definition) is 6. The molecule has 2 aromatic heterocycles. The lowest BCUT2D eigenvalue weighted by Gasteiger charge is -2.28. The van der Waals surface area contributed by atoms with Gasteiger partial charge in [-0.15, -0.1) is 0 Å². The monoisotopic (exact) mass is 434 g/mol. The van der Waals surface area contributed by atoms with E-state index in [-0.39, 0.29) is 5.82 Å². The second-order valence-corrected chi connectivity index (χ2v) is 7.76. The number of fused-ring (bicyclic) bond motifs is 1. The van der Waals surface area contributed by atoms with Gasteiger partial charge in [-0.2, -0.15) is 0 Å². The molecule has 0 bridgehead atoms. The highest BCUT2D eigenvalue weighted by atomic mass is 35.5. The van der Waals surface area contributed by atoms with Crippen LogP contribution in [-0.2, 0) is 0 Å². The van der Waals surface area contributed by atoms with Gasteiger partial charge in [0.25, 0.3) is 0 Å². The molecule has 1 aliphatic heterocycles. The Kier molecular flexibility index (Phi) is 5.36. The quantitative estimate of drug-likeness (QED) is 0.488. The normalized spacial score (nSPS) is 14.1. The van der Waals surface area contributed by atoms with Crippen molar-refractivity contribution in [2.45, 2.75) is 0 Å². The summed E-state index contributed by atoms with van der Waals surface area (Å²) in [5, 5.41) is 7.82. The van der Waals surface area contributed by atoms with E-state index in [9.17, 15) is 4.39 Å². The Labute approximate surface area is 184 Å². The van der Waals surface area contributed by atoms with Gasteiger partial charge in [-0.3, -0.25) is 0 Å². The number of nitrogens with zero attached hydrogens (tertiary/aromatic N) is 4. The van der Waals surface area contributed by atoms with Crippen molar-refractivity contribution in [1.82, 2.24) is 20.3 Å². The Hall–Kier alpha value is -3.29. The van der Waals surface area contributed by atoms with Crippen LogP contribution in [0.4, 0.5) is 21.8 Å². The van der Waals surface area contributed by atoms with Crippen LogP contribution in [0.3, 0.4) is 0 Å². The largest absolute Gasteiger partial charge is 0.354 e. The molecule has 0 radical (unpaired) electrons. The highest BCUT2D eigenvalue weighted by Gasteiger charge is 2.13. The Balaban J connectivity index is 1.45. The number of pyridine rings is 1. The van der Waals surface area contributed by atoms with Gasteiger partial charge >= 0.3 is 0 Å². The zero-order valence-corrected chi connectivity index (χ0v) is 17.4. The zero-order valence-electron chi connectivity index (χ0n) is 16.6. The molecule has 3 heterocycles. The van der Waals surface area contributed by atoms with Gasteiger partial charge < -0.3 is 15.5 Å². The van der Waals surface area contributed by atoms with E-state index in [4.69, 9.17) is 11.6 Å². The van der Waals surface area contributed by atoms with E-state index in [1.54, 1.807) is 18.5 Å². The first-order valence-electron chi connectivity index (χ1n) is 10.1. The van der Waals surface area contributed by atoms with E-state index in [0.29, 0.717) is 27.6 Å². The number of benzene rings is 2. The number of para-hydroxylation sites is 1. The van der Waals surface area contributed by atoms with Gasteiger partial charge in [-0.25, -0.2) is 19.3 Å². The summed E-state index contributed by atoms with van der Waals surface area (Å²) in [6, 6.07) is 14.0. The number of nitrogens with one attached hydrogen (secondary N) is 2. The second-order valence-electron chi connectivity index (χ2n) is 7.33. The molecule has 0 amide bonds. The highest BCUT2D eigenvalue weighted by molar-refractivity contribution is 6.30. The van der Waals surface area contributed by atoms with Crippen LogP contribution in [0.15, 0.2) is 60.9 Å². The third-order valence-electron chi connectivity index (χ3n) is 5.27. The molecule has 6 nitrogen and oxygen atoms in total. The van der Waals surface area contributed by atoms with Crippen molar-refractivity contribution >= 4 is 40.0 Å². The number of piperazine rings is 1. The van der Waals surface area contributed by atoms with E-state index >= 15 is 0 Å². The van der Waals surface area contributed by atoms with E-state index in [2.05, 4.69) is 30.5 Å². The highest BCUT2D eigenvalue weighted by Crippen LogP contribution is 2.31. The maximum Gasteiger partial charge on any atom is 0.227 e. The van der Waals surface area contributed by atoms with Crippen LogP contribution in [0.2, 0.25) is 5.02 Å². The van der Waals surface area contributed by atoms with Crippen molar-refractivity contribution in [3.05, 3.63) is 71.8 Å². The minimum absolute atomic E-state index is 0.349. The number of halogens is 2. The summed E-state index contributed by atoms with van der Waals surface area (Å²) < 4.78 is 14.5. The van der Waals surface area contributed by atoms with Crippen LogP contribution in [0.5, 0.6) is 0 Å². The molecule has 8 heteroatoms. The summed E-state index contributed by atoms with van der Waals surface area (Å²) in [7, 11) is 0. The lowest BCUT2D eigenvalue weighted by Crippen LogP contribution is -2.43. The van der Waals surface area contributed by atoms with Gasteiger partial charge in [0.1, 0.15) is 11.6 Å². The summed E-state index contributed by atoms with van der Waals surface area (Å²) in [4.78, 5) is 15.9. The summed E-state index contributed by atoms with van der Waals surface area (Å²) in [6.45, 7) is 3.80. The predicted octanol–water partition coefficient (Wildman–Crippen LogP) is 4.64. The van der Waals surface area contributed by atoms with Gasteiger partial charge in [-0.05, 0) is 30.3 Å². The number of aromatic nitrogens is 3. The summed E-state index contributed by atoms with van der Waals surface area (Å²) in [6.07, 6.45) is 3.49. The Bertz CT molecular complexity index is 1220. The van der Waals surface area contributed by atoms with Gasteiger partial charge in [0.15, 0.2) is 0 Å². The van der Waals surface area contributed by atoms with Crippen molar-refractivity contribution in [1.29, 1.82) is 0 Å². The van der Waals surface area contributed by atoms with Crippen LogP contribution in [0, 0.1) is 5.82 Å². The minimum Gasteiger partial charge on any atom is -0.354 e. The van der Waals surface area contributed by atoms with Crippen LogP contribution in [-0.4, -0.2) is 41.1 Å². The smallest absolute Gasteiger partial charge is 0.227 e. The van der Waals surface area contributed by atoms with Gasteiger partial charge in [0, 0.05) is 53.9 Å². The van der Waals surface area contributed by atoms with Crippen LogP contribution < -0.4 is 15.5 Å². The first-order chi connectivity index (χ1) is 15.2. The second kappa shape index (κ2) is 8.45. The van der Waals surface area contributed by atoms with E-state index < -0.39 is 0 Å². The molecule has 156 valence electrons. The lowest BCUT2D eigenvalue weighted by molar-refractivity contribution is 0.585. The predicted molar refractivity (Wildman–Crippen MR) is 123 cm³/mol. The van der Waals surface area contributed by atoms with Crippen LogP contribution in [0.25, 0.3) is 22.0 Å². The zero-order chi connectivity index (χ0) is 21.2. The minimum atomic E-state index is -0.349. The van der Waals surface area contributed by atoms with Gasteiger partial charge in [0.05, 0.1) is 17.4 Å². The van der Waals surface area contributed by atoms with E-state index in [0.717, 1.165) is 43.1 Å². The average molecular weight is 435 g/mol. The van der Waals surface area contributed by atoms with Crippen LogP contribution >= 0.6 is 11.6 Å². The lowest BCUT2D eigenvalue weighted by atomic mass is 10.0. The number of hydrogen-bond donors (Lipinski definition) is 2. The first-order valence-corrected chi connectivity index (χ1v) is 10.5. The molecule has 0 aliphatic carbocycles. The summed E-state index contributed by atoms with van der Waals surface area (Å²) in [5.41, 5.74) is 2.50. The molecule has 5 rings (SSSR count). The first kappa shape index (κ1) is 19.7. The molecule has 0 atom stereocenters. The maximum absolute atomic E-state index is 14.5. The van der Waals surface area contributed by atoms with Crippen molar-refractivity contribution in [2.75, 3.05) is 36.4 Å². The molecule has 0 unspecified atom stereocenters. The molecule has 0 saturated carbocycles. The van der Waals surface area contributed by atoms with Crippen molar-refractivity contribution in [3.8, 4) is 11.1 Å². The number of rotatable bonds is 4. The maximum atomic E-state index is 14.5.